The minimum absolute atomic E-state index is 0.144. The number of methoxy groups -OCH3 is 1. The molecule has 13 heteroatoms. The molecule has 0 radical (unpaired) electrons. The van der Waals surface area contributed by atoms with E-state index in [0.717, 1.165) is 0 Å². The van der Waals surface area contributed by atoms with Gasteiger partial charge in [-0.3, -0.25) is 9.59 Å². The Morgan fingerprint density at radius 3 is 2.56 bits per heavy atom. The zero-order valence-electron chi connectivity index (χ0n) is 19.7. The molecule has 0 N–H and O–H groups in total. The minimum Gasteiger partial charge on any atom is -0.465 e. The van der Waals surface area contributed by atoms with Gasteiger partial charge in [0, 0.05) is 19.0 Å². The third-order valence-corrected chi connectivity index (χ3v) is 10.1. The van der Waals surface area contributed by atoms with Gasteiger partial charge in [0.15, 0.2) is 4.80 Å². The first-order valence-electron chi connectivity index (χ1n) is 11.2. The Labute approximate surface area is 215 Å². The number of aromatic nitrogens is 1. The van der Waals surface area contributed by atoms with Gasteiger partial charge in [0.05, 0.1) is 29.5 Å². The number of fused-ring (bicyclic) bond motifs is 1. The maximum atomic E-state index is 13.1. The van der Waals surface area contributed by atoms with Crippen LogP contribution < -0.4 is 4.80 Å². The lowest BCUT2D eigenvalue weighted by Gasteiger charge is -2.29. The molecule has 192 valence electrons. The van der Waals surface area contributed by atoms with Crippen LogP contribution in [0.1, 0.15) is 30.1 Å². The van der Waals surface area contributed by atoms with E-state index >= 15 is 0 Å². The van der Waals surface area contributed by atoms with Crippen molar-refractivity contribution in [3.8, 4) is 0 Å². The second-order valence-corrected chi connectivity index (χ2v) is 12.1. The Morgan fingerprint density at radius 1 is 1.17 bits per heavy atom. The van der Waals surface area contributed by atoms with Crippen LogP contribution in [0, 0.1) is 5.92 Å². The zero-order chi connectivity index (χ0) is 25.9. The van der Waals surface area contributed by atoms with E-state index in [1.54, 1.807) is 47.2 Å². The van der Waals surface area contributed by atoms with Gasteiger partial charge in [0.1, 0.15) is 10.8 Å². The van der Waals surface area contributed by atoms with Gasteiger partial charge in [-0.2, -0.15) is 9.30 Å². The summed E-state index contributed by atoms with van der Waals surface area (Å²) in [7, 11) is -2.27. The number of piperidine rings is 1. The van der Waals surface area contributed by atoms with Gasteiger partial charge < -0.3 is 14.0 Å². The van der Waals surface area contributed by atoms with Crippen LogP contribution in [0.3, 0.4) is 0 Å². The van der Waals surface area contributed by atoms with E-state index in [4.69, 9.17) is 9.47 Å². The van der Waals surface area contributed by atoms with E-state index in [-0.39, 0.29) is 36.4 Å². The quantitative estimate of drug-likeness (QED) is 0.414. The Bertz CT molecular complexity index is 1450. The van der Waals surface area contributed by atoms with Crippen LogP contribution in [0.25, 0.3) is 10.2 Å². The molecule has 1 aliphatic heterocycles. The Kier molecular flexibility index (Phi) is 8.03. The van der Waals surface area contributed by atoms with E-state index in [2.05, 4.69) is 4.99 Å². The number of carbonyl (C=O) groups is 3. The Hall–Kier alpha value is -2.87. The molecule has 0 atom stereocenters. The molecule has 1 fully saturated rings. The fourth-order valence-corrected chi connectivity index (χ4v) is 7.65. The average Bonchev–Trinajstić information content (AvgIpc) is 3.53. The smallest absolute Gasteiger partial charge is 0.337 e. The van der Waals surface area contributed by atoms with Gasteiger partial charge in [-0.1, -0.05) is 17.4 Å². The van der Waals surface area contributed by atoms with E-state index in [1.165, 1.54) is 34.1 Å². The molecule has 4 rings (SSSR count). The first-order chi connectivity index (χ1) is 17.2. The molecule has 1 aliphatic rings. The molecule has 1 amide bonds. The van der Waals surface area contributed by atoms with Gasteiger partial charge in [0.25, 0.3) is 15.9 Å². The molecule has 1 aromatic carbocycles. The van der Waals surface area contributed by atoms with Crippen molar-refractivity contribution in [1.82, 2.24) is 8.87 Å². The number of benzene rings is 1. The third kappa shape index (κ3) is 5.43. The second-order valence-electron chi connectivity index (χ2n) is 8.01. The van der Waals surface area contributed by atoms with Crippen molar-refractivity contribution in [1.29, 1.82) is 0 Å². The third-order valence-electron chi connectivity index (χ3n) is 5.79. The Morgan fingerprint density at radius 2 is 1.92 bits per heavy atom. The number of thiazole rings is 1. The fraction of sp³-hybridized carbons (Fsp3) is 0.391. The van der Waals surface area contributed by atoms with Crippen LogP contribution in [0.5, 0.6) is 0 Å². The number of ether oxygens (including phenoxy) is 2. The summed E-state index contributed by atoms with van der Waals surface area (Å²) in [5, 5.41) is 1.72. The van der Waals surface area contributed by atoms with E-state index in [0.29, 0.717) is 33.4 Å². The predicted molar refractivity (Wildman–Crippen MR) is 134 cm³/mol. The highest BCUT2D eigenvalue weighted by molar-refractivity contribution is 7.91. The van der Waals surface area contributed by atoms with Gasteiger partial charge in [-0.25, -0.2) is 13.2 Å². The van der Waals surface area contributed by atoms with Crippen molar-refractivity contribution in [2.24, 2.45) is 10.9 Å². The first kappa shape index (κ1) is 26.2. The molecule has 0 unspecified atom stereocenters. The standard InChI is InChI=1S/C23H25N3O7S3/c1-3-33-19(27)14-26-17-7-6-16(22(29)32-2)13-18(17)35-23(26)24-21(28)15-8-10-25(11-9-15)36(30,31)20-5-4-12-34-20/h4-7,12-13,15H,3,8-11,14H2,1-2H3. The number of thiophene rings is 1. The molecule has 1 saturated heterocycles. The van der Waals surface area contributed by atoms with Crippen LogP contribution >= 0.6 is 22.7 Å². The Balaban J connectivity index is 1.60. The lowest BCUT2D eigenvalue weighted by Crippen LogP contribution is -2.40. The topological polar surface area (TPSA) is 124 Å². The van der Waals surface area contributed by atoms with Crippen molar-refractivity contribution in [2.45, 2.75) is 30.5 Å². The maximum Gasteiger partial charge on any atom is 0.337 e. The van der Waals surface area contributed by atoms with Gasteiger partial charge >= 0.3 is 11.9 Å². The largest absolute Gasteiger partial charge is 0.465 e. The predicted octanol–water partition coefficient (Wildman–Crippen LogP) is 2.64. The summed E-state index contributed by atoms with van der Waals surface area (Å²) >= 11 is 2.34. The summed E-state index contributed by atoms with van der Waals surface area (Å²) in [5.74, 6) is -1.79. The molecule has 0 saturated carbocycles. The van der Waals surface area contributed by atoms with Gasteiger partial charge in [-0.05, 0) is 49.4 Å². The number of hydrogen-bond donors (Lipinski definition) is 0. The normalized spacial score (nSPS) is 15.8. The van der Waals surface area contributed by atoms with Crippen molar-refractivity contribution in [3.63, 3.8) is 0 Å². The zero-order valence-corrected chi connectivity index (χ0v) is 22.2. The van der Waals surface area contributed by atoms with Crippen molar-refractivity contribution in [2.75, 3.05) is 26.8 Å². The highest BCUT2D eigenvalue weighted by Gasteiger charge is 2.32. The number of amides is 1. The average molecular weight is 552 g/mol. The molecule has 3 heterocycles. The van der Waals surface area contributed by atoms with E-state index in [1.807, 2.05) is 0 Å². The molecule has 3 aromatic rings. The van der Waals surface area contributed by atoms with Crippen molar-refractivity contribution in [3.05, 3.63) is 46.1 Å². The molecule has 2 aromatic heterocycles. The lowest BCUT2D eigenvalue weighted by atomic mass is 9.98. The summed E-state index contributed by atoms with van der Waals surface area (Å²) in [6.45, 7) is 2.23. The molecule has 0 spiro atoms. The molecular weight excluding hydrogens is 526 g/mol. The second kappa shape index (κ2) is 11.0. The van der Waals surface area contributed by atoms with E-state index < -0.39 is 27.9 Å². The number of esters is 2. The van der Waals surface area contributed by atoms with E-state index in [9.17, 15) is 22.8 Å². The molecule has 0 bridgehead atoms. The van der Waals surface area contributed by atoms with Gasteiger partial charge in [0.2, 0.25) is 0 Å². The lowest BCUT2D eigenvalue weighted by molar-refractivity contribution is -0.143. The van der Waals surface area contributed by atoms with Crippen LogP contribution in [0.15, 0.2) is 44.9 Å². The minimum atomic E-state index is -3.56. The van der Waals surface area contributed by atoms with Crippen LogP contribution in [0.4, 0.5) is 0 Å². The summed E-state index contributed by atoms with van der Waals surface area (Å²) in [6, 6.07) is 8.15. The highest BCUT2D eigenvalue weighted by Crippen LogP contribution is 2.27. The van der Waals surface area contributed by atoms with Crippen molar-refractivity contribution >= 4 is 60.8 Å². The monoisotopic (exact) mass is 551 g/mol. The number of rotatable bonds is 7. The van der Waals surface area contributed by atoms with Gasteiger partial charge in [-0.15, -0.1) is 11.3 Å². The molecular formula is C23H25N3O7S3. The first-order valence-corrected chi connectivity index (χ1v) is 14.4. The number of sulfonamides is 1. The molecule has 0 aliphatic carbocycles. The van der Waals surface area contributed by atoms with Crippen LogP contribution in [0.2, 0.25) is 0 Å². The van der Waals surface area contributed by atoms with Crippen LogP contribution in [-0.2, 0) is 35.6 Å². The number of nitrogens with zero attached hydrogens (tertiary/aromatic N) is 3. The summed E-state index contributed by atoms with van der Waals surface area (Å²) < 4.78 is 39.3. The number of hydrogen-bond acceptors (Lipinski definition) is 9. The highest BCUT2D eigenvalue weighted by atomic mass is 32.2. The summed E-state index contributed by atoms with van der Waals surface area (Å²) in [6.07, 6.45) is 0.699. The number of carbonyl (C=O) groups excluding carboxylic acids is 3. The SMILES string of the molecule is CCOC(=O)Cn1c(=NC(=O)C2CCN(S(=O)(=O)c3cccs3)CC2)sc2cc(C(=O)OC)ccc21. The maximum absolute atomic E-state index is 13.1. The molecule has 10 nitrogen and oxygen atoms in total. The van der Waals surface area contributed by atoms with Crippen LogP contribution in [-0.4, -0.2) is 61.9 Å². The fourth-order valence-electron chi connectivity index (χ4n) is 3.96. The summed E-state index contributed by atoms with van der Waals surface area (Å²) in [5.41, 5.74) is 0.968. The molecule has 36 heavy (non-hydrogen) atoms. The summed E-state index contributed by atoms with van der Waals surface area (Å²) in [4.78, 5) is 41.9. The van der Waals surface area contributed by atoms with Crippen molar-refractivity contribution < 1.29 is 32.3 Å².